The zero-order chi connectivity index (χ0) is 12.4. The van der Waals surface area contributed by atoms with Crippen molar-refractivity contribution in [2.24, 2.45) is 5.73 Å². The van der Waals surface area contributed by atoms with Gasteiger partial charge in [0.25, 0.3) is 0 Å². The van der Waals surface area contributed by atoms with Gasteiger partial charge in [0, 0.05) is 10.0 Å². The summed E-state index contributed by atoms with van der Waals surface area (Å²) in [5.74, 6) is -0.313. The van der Waals surface area contributed by atoms with E-state index in [1.165, 1.54) is 17.4 Å². The molecule has 0 fully saturated rings. The predicted octanol–water partition coefficient (Wildman–Crippen LogP) is 3.52. The smallest absolute Gasteiger partial charge is 0.150 e. The highest BCUT2D eigenvalue weighted by atomic mass is 79.9. The van der Waals surface area contributed by atoms with Gasteiger partial charge in [-0.15, -0.1) is 10.2 Å². The van der Waals surface area contributed by atoms with E-state index in [4.69, 9.17) is 5.73 Å². The van der Waals surface area contributed by atoms with Gasteiger partial charge in [-0.2, -0.15) is 0 Å². The molecule has 0 aliphatic carbocycles. The summed E-state index contributed by atoms with van der Waals surface area (Å²) in [4.78, 5) is 0. The summed E-state index contributed by atoms with van der Waals surface area (Å²) in [6.45, 7) is 1.98. The van der Waals surface area contributed by atoms with Gasteiger partial charge in [0.2, 0.25) is 0 Å². The third-order valence-electron chi connectivity index (χ3n) is 2.36. The first kappa shape index (κ1) is 12.6. The molecule has 2 N–H and O–H groups in total. The Bertz CT molecular complexity index is 529. The van der Waals surface area contributed by atoms with Gasteiger partial charge in [-0.05, 0) is 24.6 Å². The molecular formula is C11H11BrFN3S. The third-order valence-corrected chi connectivity index (χ3v) is 3.94. The second-order valence-electron chi connectivity index (χ2n) is 3.58. The number of aromatic nitrogens is 2. The maximum atomic E-state index is 13.7. The van der Waals surface area contributed by atoms with Gasteiger partial charge in [0.15, 0.2) is 5.01 Å². The topological polar surface area (TPSA) is 51.8 Å². The maximum absolute atomic E-state index is 13.7. The van der Waals surface area contributed by atoms with Crippen molar-refractivity contribution in [3.8, 4) is 10.6 Å². The molecular weight excluding hydrogens is 305 g/mol. The quantitative estimate of drug-likeness (QED) is 0.942. The van der Waals surface area contributed by atoms with Crippen molar-refractivity contribution >= 4 is 27.3 Å². The molecule has 1 unspecified atom stereocenters. The molecule has 1 aromatic carbocycles. The van der Waals surface area contributed by atoms with Crippen molar-refractivity contribution < 1.29 is 4.39 Å². The average molecular weight is 316 g/mol. The first-order valence-corrected chi connectivity index (χ1v) is 6.77. The van der Waals surface area contributed by atoms with E-state index in [9.17, 15) is 4.39 Å². The Morgan fingerprint density at radius 2 is 2.24 bits per heavy atom. The molecule has 0 amide bonds. The van der Waals surface area contributed by atoms with Gasteiger partial charge >= 0.3 is 0 Å². The van der Waals surface area contributed by atoms with Gasteiger partial charge < -0.3 is 5.73 Å². The molecule has 0 aliphatic rings. The molecule has 0 radical (unpaired) electrons. The number of benzene rings is 1. The molecule has 2 rings (SSSR count). The van der Waals surface area contributed by atoms with Crippen LogP contribution < -0.4 is 5.73 Å². The Balaban J connectivity index is 2.37. The van der Waals surface area contributed by atoms with E-state index in [-0.39, 0.29) is 11.9 Å². The highest BCUT2D eigenvalue weighted by molar-refractivity contribution is 9.10. The SMILES string of the molecule is CCC(N)c1nnc(-c2ccc(Br)cc2F)s1. The first-order valence-electron chi connectivity index (χ1n) is 5.16. The molecule has 2 aromatic rings. The van der Waals surface area contributed by atoms with Crippen LogP contribution in [-0.2, 0) is 0 Å². The Morgan fingerprint density at radius 1 is 1.47 bits per heavy atom. The summed E-state index contributed by atoms with van der Waals surface area (Å²) in [5, 5.41) is 9.28. The zero-order valence-electron chi connectivity index (χ0n) is 9.15. The molecule has 0 spiro atoms. The standard InChI is InChI=1S/C11H11BrFN3S/c1-2-9(14)11-16-15-10(17-11)7-4-3-6(12)5-8(7)13/h3-5,9H,2,14H2,1H3. The van der Waals surface area contributed by atoms with E-state index >= 15 is 0 Å². The van der Waals surface area contributed by atoms with E-state index in [0.29, 0.717) is 15.0 Å². The second kappa shape index (κ2) is 5.20. The van der Waals surface area contributed by atoms with Crippen molar-refractivity contribution in [2.75, 3.05) is 0 Å². The number of hydrogen-bond donors (Lipinski definition) is 1. The van der Waals surface area contributed by atoms with Gasteiger partial charge in [-0.1, -0.05) is 34.2 Å². The van der Waals surface area contributed by atoms with Crippen LogP contribution in [0.1, 0.15) is 24.4 Å². The fraction of sp³-hybridized carbons (Fsp3) is 0.273. The minimum atomic E-state index is -0.313. The van der Waals surface area contributed by atoms with Gasteiger partial charge in [-0.25, -0.2) is 4.39 Å². The Morgan fingerprint density at radius 3 is 2.88 bits per heavy atom. The van der Waals surface area contributed by atoms with Crippen molar-refractivity contribution in [1.82, 2.24) is 10.2 Å². The lowest BCUT2D eigenvalue weighted by molar-refractivity contribution is 0.630. The van der Waals surface area contributed by atoms with Crippen LogP contribution in [0, 0.1) is 5.82 Å². The van der Waals surface area contributed by atoms with Gasteiger partial charge in [0.05, 0.1) is 6.04 Å². The number of hydrogen-bond acceptors (Lipinski definition) is 4. The van der Waals surface area contributed by atoms with E-state index in [1.807, 2.05) is 6.92 Å². The number of nitrogens with zero attached hydrogens (tertiary/aromatic N) is 2. The Hall–Kier alpha value is -0.850. The summed E-state index contributed by atoms with van der Waals surface area (Å²) in [6, 6.07) is 4.75. The third kappa shape index (κ3) is 2.70. The van der Waals surface area contributed by atoms with E-state index < -0.39 is 0 Å². The van der Waals surface area contributed by atoms with Crippen molar-refractivity contribution in [1.29, 1.82) is 0 Å². The lowest BCUT2D eigenvalue weighted by Gasteiger charge is -2.01. The minimum Gasteiger partial charge on any atom is -0.322 e. The largest absolute Gasteiger partial charge is 0.322 e. The fourth-order valence-corrected chi connectivity index (χ4v) is 2.62. The monoisotopic (exact) mass is 315 g/mol. The predicted molar refractivity (Wildman–Crippen MR) is 70.2 cm³/mol. The lowest BCUT2D eigenvalue weighted by atomic mass is 10.2. The van der Waals surface area contributed by atoms with Crippen molar-refractivity contribution in [3.05, 3.63) is 33.5 Å². The second-order valence-corrected chi connectivity index (χ2v) is 5.51. The minimum absolute atomic E-state index is 0.125. The molecule has 0 saturated carbocycles. The summed E-state index contributed by atoms with van der Waals surface area (Å²) >= 11 is 4.55. The zero-order valence-corrected chi connectivity index (χ0v) is 11.6. The summed E-state index contributed by atoms with van der Waals surface area (Å²) in [5.41, 5.74) is 6.31. The van der Waals surface area contributed by atoms with Crippen LogP contribution in [-0.4, -0.2) is 10.2 Å². The molecule has 0 aliphatic heterocycles. The van der Waals surface area contributed by atoms with E-state index in [1.54, 1.807) is 12.1 Å². The normalized spacial score (nSPS) is 12.7. The highest BCUT2D eigenvalue weighted by Crippen LogP contribution is 2.30. The Labute approximate surface area is 111 Å². The highest BCUT2D eigenvalue weighted by Gasteiger charge is 2.14. The molecule has 0 saturated heterocycles. The van der Waals surface area contributed by atoms with Crippen LogP contribution in [0.15, 0.2) is 22.7 Å². The average Bonchev–Trinajstić information content (AvgIpc) is 2.77. The van der Waals surface area contributed by atoms with Gasteiger partial charge in [0.1, 0.15) is 10.8 Å². The molecule has 0 bridgehead atoms. The maximum Gasteiger partial charge on any atom is 0.150 e. The number of rotatable bonds is 3. The van der Waals surface area contributed by atoms with Crippen molar-refractivity contribution in [2.45, 2.75) is 19.4 Å². The molecule has 1 aromatic heterocycles. The van der Waals surface area contributed by atoms with E-state index in [2.05, 4.69) is 26.1 Å². The molecule has 90 valence electrons. The van der Waals surface area contributed by atoms with Crippen LogP contribution >= 0.6 is 27.3 Å². The van der Waals surface area contributed by atoms with Crippen molar-refractivity contribution in [3.63, 3.8) is 0 Å². The first-order chi connectivity index (χ1) is 8.11. The summed E-state index contributed by atoms with van der Waals surface area (Å²) in [7, 11) is 0. The van der Waals surface area contributed by atoms with Gasteiger partial charge in [-0.3, -0.25) is 0 Å². The molecule has 1 atom stereocenters. The molecule has 1 heterocycles. The molecule has 3 nitrogen and oxygen atoms in total. The molecule has 6 heteroatoms. The Kier molecular flexibility index (Phi) is 3.86. The fourth-order valence-electron chi connectivity index (χ4n) is 1.33. The van der Waals surface area contributed by atoms with E-state index in [0.717, 1.165) is 11.4 Å². The summed E-state index contributed by atoms with van der Waals surface area (Å²) in [6.07, 6.45) is 0.789. The molecule has 17 heavy (non-hydrogen) atoms. The van der Waals surface area contributed by atoms with Crippen LogP contribution in [0.5, 0.6) is 0 Å². The van der Waals surface area contributed by atoms with Crippen LogP contribution in [0.4, 0.5) is 4.39 Å². The number of nitrogens with two attached hydrogens (primary N) is 1. The van der Waals surface area contributed by atoms with Crippen LogP contribution in [0.25, 0.3) is 10.6 Å². The summed E-state index contributed by atoms with van der Waals surface area (Å²) < 4.78 is 14.4. The van der Waals surface area contributed by atoms with Crippen LogP contribution in [0.3, 0.4) is 0 Å². The number of halogens is 2. The lowest BCUT2D eigenvalue weighted by Crippen LogP contribution is -2.07. The van der Waals surface area contributed by atoms with Crippen LogP contribution in [0.2, 0.25) is 0 Å².